The Balaban J connectivity index is 2.93. The van der Waals surface area contributed by atoms with Crippen LogP contribution in [0.15, 0.2) is 22.7 Å². The Labute approximate surface area is 120 Å². The molecule has 0 aliphatic carbocycles. The van der Waals surface area contributed by atoms with Gasteiger partial charge in [0.2, 0.25) is 0 Å². The van der Waals surface area contributed by atoms with Gasteiger partial charge in [0, 0.05) is 0 Å². The molecule has 1 rings (SSSR count). The third kappa shape index (κ3) is 3.96. The Hall–Kier alpha value is -1.56. The first-order valence-electron chi connectivity index (χ1n) is 5.51. The second kappa shape index (κ2) is 7.13. The van der Waals surface area contributed by atoms with Gasteiger partial charge in [0.1, 0.15) is 5.75 Å². The van der Waals surface area contributed by atoms with Crippen molar-refractivity contribution in [1.82, 2.24) is 0 Å². The summed E-state index contributed by atoms with van der Waals surface area (Å²) in [6.45, 7) is 0. The smallest absolute Gasteiger partial charge is 0.320 e. The lowest BCUT2D eigenvalue weighted by atomic mass is 9.99. The van der Waals surface area contributed by atoms with Crippen molar-refractivity contribution in [2.24, 2.45) is 5.92 Å². The average molecular weight is 331 g/mol. The first-order chi connectivity index (χ1) is 9.03. The summed E-state index contributed by atoms with van der Waals surface area (Å²) in [7, 11) is 4.04. The predicted octanol–water partition coefficient (Wildman–Crippen LogP) is 1.96. The number of rotatable bonds is 5. The zero-order chi connectivity index (χ0) is 14.4. The highest BCUT2D eigenvalue weighted by Gasteiger charge is 2.28. The van der Waals surface area contributed by atoms with Gasteiger partial charge >= 0.3 is 11.9 Å². The fourth-order valence-electron chi connectivity index (χ4n) is 1.62. The average Bonchev–Trinajstić information content (AvgIpc) is 2.43. The van der Waals surface area contributed by atoms with E-state index in [4.69, 9.17) is 4.74 Å². The van der Waals surface area contributed by atoms with Gasteiger partial charge in [-0.15, -0.1) is 0 Å². The molecule has 0 spiro atoms. The number of hydrogen-bond acceptors (Lipinski definition) is 5. The van der Waals surface area contributed by atoms with Gasteiger partial charge in [-0.3, -0.25) is 9.59 Å². The van der Waals surface area contributed by atoms with Crippen LogP contribution in [-0.2, 0) is 25.5 Å². The maximum absolute atomic E-state index is 11.6. The van der Waals surface area contributed by atoms with Crippen LogP contribution in [0.2, 0.25) is 0 Å². The number of carbonyl (C=O) groups excluding carboxylic acids is 2. The zero-order valence-electron chi connectivity index (χ0n) is 10.9. The standard InChI is InChI=1S/C13H15BrO5/c1-17-11-5-4-8(7-10(11)14)6-9(12(15)18-2)13(16)19-3/h4-5,7,9H,6H2,1-3H3. The van der Waals surface area contributed by atoms with E-state index < -0.39 is 17.9 Å². The second-order valence-electron chi connectivity index (χ2n) is 3.77. The van der Waals surface area contributed by atoms with Crippen molar-refractivity contribution in [3.8, 4) is 5.75 Å². The van der Waals surface area contributed by atoms with E-state index in [1.54, 1.807) is 25.3 Å². The Morgan fingerprint density at radius 1 is 1.16 bits per heavy atom. The molecule has 5 nitrogen and oxygen atoms in total. The molecule has 0 aliphatic heterocycles. The molecule has 0 saturated carbocycles. The molecule has 1 aromatic rings. The summed E-state index contributed by atoms with van der Waals surface area (Å²) in [6, 6.07) is 5.32. The second-order valence-corrected chi connectivity index (χ2v) is 4.63. The number of ether oxygens (including phenoxy) is 3. The van der Waals surface area contributed by atoms with Gasteiger partial charge in [0.15, 0.2) is 5.92 Å². The molecule has 6 heteroatoms. The predicted molar refractivity (Wildman–Crippen MR) is 71.9 cm³/mol. The SMILES string of the molecule is COC(=O)C(Cc1ccc(OC)c(Br)c1)C(=O)OC. The lowest BCUT2D eigenvalue weighted by Crippen LogP contribution is -2.28. The third-order valence-electron chi connectivity index (χ3n) is 2.63. The highest BCUT2D eigenvalue weighted by molar-refractivity contribution is 9.10. The van der Waals surface area contributed by atoms with Crippen LogP contribution in [0.1, 0.15) is 5.56 Å². The van der Waals surface area contributed by atoms with Crippen LogP contribution in [0.3, 0.4) is 0 Å². The van der Waals surface area contributed by atoms with E-state index in [0.29, 0.717) is 5.75 Å². The number of methoxy groups -OCH3 is 3. The van der Waals surface area contributed by atoms with Crippen LogP contribution < -0.4 is 4.74 Å². The molecule has 0 aromatic heterocycles. The number of carbonyl (C=O) groups is 2. The Morgan fingerprint density at radius 3 is 2.16 bits per heavy atom. The molecule has 0 saturated heterocycles. The van der Waals surface area contributed by atoms with E-state index in [9.17, 15) is 9.59 Å². The van der Waals surface area contributed by atoms with Crippen LogP contribution in [-0.4, -0.2) is 33.3 Å². The monoisotopic (exact) mass is 330 g/mol. The summed E-state index contributed by atoms with van der Waals surface area (Å²) < 4.78 is 15.1. The first-order valence-corrected chi connectivity index (χ1v) is 6.30. The number of benzene rings is 1. The van der Waals surface area contributed by atoms with Crippen molar-refractivity contribution in [3.63, 3.8) is 0 Å². The molecular weight excluding hydrogens is 316 g/mol. The maximum atomic E-state index is 11.6. The summed E-state index contributed by atoms with van der Waals surface area (Å²) in [6.07, 6.45) is 0.210. The van der Waals surface area contributed by atoms with Gasteiger partial charge < -0.3 is 14.2 Å². The lowest BCUT2D eigenvalue weighted by molar-refractivity contribution is -0.158. The van der Waals surface area contributed by atoms with Crippen LogP contribution >= 0.6 is 15.9 Å². The van der Waals surface area contributed by atoms with Crippen LogP contribution in [0.4, 0.5) is 0 Å². The Morgan fingerprint density at radius 2 is 1.74 bits per heavy atom. The van der Waals surface area contributed by atoms with E-state index in [0.717, 1.165) is 10.0 Å². The van der Waals surface area contributed by atoms with E-state index >= 15 is 0 Å². The quantitative estimate of drug-likeness (QED) is 0.610. The summed E-state index contributed by atoms with van der Waals surface area (Å²) in [5, 5.41) is 0. The molecule has 0 amide bonds. The minimum atomic E-state index is -0.963. The van der Waals surface area contributed by atoms with Crippen LogP contribution in [0, 0.1) is 5.92 Å². The van der Waals surface area contributed by atoms with E-state index in [1.165, 1.54) is 14.2 Å². The Bertz CT molecular complexity index is 456. The fraction of sp³-hybridized carbons (Fsp3) is 0.385. The van der Waals surface area contributed by atoms with E-state index in [2.05, 4.69) is 25.4 Å². The third-order valence-corrected chi connectivity index (χ3v) is 3.25. The summed E-state index contributed by atoms with van der Waals surface area (Å²) in [5.74, 6) is -1.51. The molecule has 104 valence electrons. The minimum absolute atomic E-state index is 0.210. The van der Waals surface area contributed by atoms with Gasteiger partial charge in [-0.25, -0.2) is 0 Å². The largest absolute Gasteiger partial charge is 0.496 e. The van der Waals surface area contributed by atoms with Gasteiger partial charge in [-0.1, -0.05) is 6.07 Å². The number of hydrogen-bond donors (Lipinski definition) is 0. The van der Waals surface area contributed by atoms with Gasteiger partial charge in [-0.2, -0.15) is 0 Å². The van der Waals surface area contributed by atoms with Crippen molar-refractivity contribution in [2.45, 2.75) is 6.42 Å². The van der Waals surface area contributed by atoms with Crippen LogP contribution in [0.5, 0.6) is 5.75 Å². The molecule has 0 atom stereocenters. The van der Waals surface area contributed by atoms with E-state index in [-0.39, 0.29) is 6.42 Å². The highest BCUT2D eigenvalue weighted by Crippen LogP contribution is 2.26. The lowest BCUT2D eigenvalue weighted by Gasteiger charge is -2.13. The van der Waals surface area contributed by atoms with Gasteiger partial charge in [0.25, 0.3) is 0 Å². The minimum Gasteiger partial charge on any atom is -0.496 e. The molecule has 0 heterocycles. The van der Waals surface area contributed by atoms with Crippen molar-refractivity contribution in [2.75, 3.05) is 21.3 Å². The topological polar surface area (TPSA) is 61.8 Å². The molecule has 1 aromatic carbocycles. The van der Waals surface area contributed by atoms with Crippen molar-refractivity contribution in [1.29, 1.82) is 0 Å². The maximum Gasteiger partial charge on any atom is 0.320 e. The molecule has 19 heavy (non-hydrogen) atoms. The van der Waals surface area contributed by atoms with Crippen molar-refractivity contribution >= 4 is 27.9 Å². The molecule has 0 radical (unpaired) electrons. The van der Waals surface area contributed by atoms with Crippen LogP contribution in [0.25, 0.3) is 0 Å². The van der Waals surface area contributed by atoms with Crippen molar-refractivity contribution < 1.29 is 23.8 Å². The molecule has 0 aliphatic rings. The van der Waals surface area contributed by atoms with Gasteiger partial charge in [0.05, 0.1) is 25.8 Å². The Kier molecular flexibility index (Phi) is 5.82. The number of esters is 2. The summed E-state index contributed by atoms with van der Waals surface area (Å²) in [5.41, 5.74) is 0.800. The molecular formula is C13H15BrO5. The fourth-order valence-corrected chi connectivity index (χ4v) is 2.21. The summed E-state index contributed by atoms with van der Waals surface area (Å²) in [4.78, 5) is 23.1. The first kappa shape index (κ1) is 15.5. The number of halogens is 1. The summed E-state index contributed by atoms with van der Waals surface area (Å²) >= 11 is 3.35. The highest BCUT2D eigenvalue weighted by atomic mass is 79.9. The molecule has 0 N–H and O–H groups in total. The van der Waals surface area contributed by atoms with E-state index in [1.807, 2.05) is 0 Å². The molecule has 0 bridgehead atoms. The zero-order valence-corrected chi connectivity index (χ0v) is 12.5. The van der Waals surface area contributed by atoms with Crippen molar-refractivity contribution in [3.05, 3.63) is 28.2 Å². The molecule has 0 unspecified atom stereocenters. The molecule has 0 fully saturated rings. The van der Waals surface area contributed by atoms with Gasteiger partial charge in [-0.05, 0) is 40.0 Å². The normalized spacial score (nSPS) is 10.2.